The molecule has 0 aromatic heterocycles. The largest absolute Gasteiger partial charge is 0.378 e. The van der Waals surface area contributed by atoms with Crippen LogP contribution in [0.4, 0.5) is 0 Å². The van der Waals surface area contributed by atoms with Crippen LogP contribution >= 0.6 is 0 Å². The summed E-state index contributed by atoms with van der Waals surface area (Å²) < 4.78 is 5.76. The normalized spacial score (nSPS) is 14.1. The minimum atomic E-state index is 0.223. The molecule has 2 nitrogen and oxygen atoms in total. The number of nitrogens with one attached hydrogen (secondary N) is 1. The summed E-state index contributed by atoms with van der Waals surface area (Å²) in [6, 6.07) is 0. The van der Waals surface area contributed by atoms with Gasteiger partial charge in [0.2, 0.25) is 0 Å². The Hall–Kier alpha value is -0.0800. The van der Waals surface area contributed by atoms with Crippen LogP contribution in [0.25, 0.3) is 0 Å². The van der Waals surface area contributed by atoms with Crippen molar-refractivity contribution in [2.24, 2.45) is 0 Å². The molecule has 0 amide bonds. The second-order valence-corrected chi connectivity index (χ2v) is 5.71. The maximum Gasteiger partial charge on any atom is 0.0559 e. The van der Waals surface area contributed by atoms with E-state index in [1.807, 2.05) is 0 Å². The van der Waals surface area contributed by atoms with Crippen molar-refractivity contribution in [1.82, 2.24) is 5.32 Å². The Morgan fingerprint density at radius 2 is 1.81 bits per heavy atom. The molecule has 0 saturated heterocycles. The van der Waals surface area contributed by atoms with Crippen molar-refractivity contribution in [2.75, 3.05) is 13.2 Å². The molecule has 16 heavy (non-hydrogen) atoms. The molecule has 0 aromatic carbocycles. The second-order valence-electron chi connectivity index (χ2n) is 5.71. The fourth-order valence-electron chi connectivity index (χ4n) is 1.55. The van der Waals surface area contributed by atoms with Crippen LogP contribution in [-0.4, -0.2) is 24.8 Å². The van der Waals surface area contributed by atoms with Crippen molar-refractivity contribution >= 4 is 0 Å². The maximum absolute atomic E-state index is 5.76. The minimum absolute atomic E-state index is 0.223. The predicted octanol–water partition coefficient (Wildman–Crippen LogP) is 3.75. The molecule has 1 atom stereocenters. The van der Waals surface area contributed by atoms with Gasteiger partial charge >= 0.3 is 0 Å². The van der Waals surface area contributed by atoms with Gasteiger partial charge in [-0.1, -0.05) is 26.2 Å². The van der Waals surface area contributed by atoms with E-state index in [1.54, 1.807) is 0 Å². The maximum atomic E-state index is 5.76. The number of rotatable bonds is 9. The van der Waals surface area contributed by atoms with E-state index < -0.39 is 0 Å². The van der Waals surface area contributed by atoms with Crippen LogP contribution in [0.2, 0.25) is 0 Å². The van der Waals surface area contributed by atoms with E-state index in [0.29, 0.717) is 6.10 Å². The summed E-state index contributed by atoms with van der Waals surface area (Å²) in [5.41, 5.74) is 0.223. The zero-order valence-electron chi connectivity index (χ0n) is 11.9. The lowest BCUT2D eigenvalue weighted by Crippen LogP contribution is -2.37. The number of hydrogen-bond donors (Lipinski definition) is 1. The second kappa shape index (κ2) is 9.00. The zero-order chi connectivity index (χ0) is 12.4. The lowest BCUT2D eigenvalue weighted by molar-refractivity contribution is 0.0566. The average Bonchev–Trinajstić information content (AvgIpc) is 2.15. The highest BCUT2D eigenvalue weighted by Gasteiger charge is 2.09. The molecule has 1 unspecified atom stereocenters. The van der Waals surface area contributed by atoms with E-state index >= 15 is 0 Å². The van der Waals surface area contributed by atoms with E-state index in [4.69, 9.17) is 4.74 Å². The third-order valence-corrected chi connectivity index (χ3v) is 2.61. The smallest absolute Gasteiger partial charge is 0.0559 e. The molecule has 2 heteroatoms. The van der Waals surface area contributed by atoms with Gasteiger partial charge in [0.1, 0.15) is 0 Å². The summed E-state index contributed by atoms with van der Waals surface area (Å²) in [5.74, 6) is 0. The first kappa shape index (κ1) is 15.9. The van der Waals surface area contributed by atoms with Gasteiger partial charge < -0.3 is 10.1 Å². The van der Waals surface area contributed by atoms with Gasteiger partial charge in [-0.3, -0.25) is 0 Å². The standard InChI is InChI=1S/C14H31NO/c1-6-7-8-9-12-16-13(2)10-11-15-14(3,4)5/h13,15H,6-12H2,1-5H3. The van der Waals surface area contributed by atoms with Crippen molar-refractivity contribution in [3.63, 3.8) is 0 Å². The van der Waals surface area contributed by atoms with Gasteiger partial charge in [0, 0.05) is 12.1 Å². The molecule has 0 aliphatic carbocycles. The van der Waals surface area contributed by atoms with Crippen molar-refractivity contribution in [3.8, 4) is 0 Å². The Kier molecular flexibility index (Phi) is 8.96. The van der Waals surface area contributed by atoms with Gasteiger partial charge in [0.05, 0.1) is 6.10 Å². The fourth-order valence-corrected chi connectivity index (χ4v) is 1.55. The Morgan fingerprint density at radius 3 is 2.38 bits per heavy atom. The van der Waals surface area contributed by atoms with Gasteiger partial charge in [0.15, 0.2) is 0 Å². The van der Waals surface area contributed by atoms with Crippen LogP contribution in [0.5, 0.6) is 0 Å². The molecule has 0 fully saturated rings. The van der Waals surface area contributed by atoms with Crippen LogP contribution in [0, 0.1) is 0 Å². The summed E-state index contributed by atoms with van der Waals surface area (Å²) in [6.07, 6.45) is 6.64. The summed E-state index contributed by atoms with van der Waals surface area (Å²) in [4.78, 5) is 0. The molecule has 0 heterocycles. The van der Waals surface area contributed by atoms with Gasteiger partial charge in [-0.05, 0) is 47.1 Å². The van der Waals surface area contributed by atoms with Crippen LogP contribution in [0.3, 0.4) is 0 Å². The van der Waals surface area contributed by atoms with E-state index in [2.05, 4.69) is 39.9 Å². The lowest BCUT2D eigenvalue weighted by atomic mass is 10.1. The first-order chi connectivity index (χ1) is 7.45. The van der Waals surface area contributed by atoms with Crippen molar-refractivity contribution in [2.45, 2.75) is 78.4 Å². The molecule has 1 N–H and O–H groups in total. The van der Waals surface area contributed by atoms with Gasteiger partial charge in [-0.25, -0.2) is 0 Å². The molecule has 0 rings (SSSR count). The molecule has 0 aliphatic heterocycles. The number of hydrogen-bond acceptors (Lipinski definition) is 2. The molecule has 0 aromatic rings. The molecule has 0 saturated carbocycles. The topological polar surface area (TPSA) is 21.3 Å². The molecule has 98 valence electrons. The summed E-state index contributed by atoms with van der Waals surface area (Å²) in [7, 11) is 0. The fraction of sp³-hybridized carbons (Fsp3) is 1.00. The summed E-state index contributed by atoms with van der Waals surface area (Å²) in [6.45, 7) is 13.0. The molecule has 0 aliphatic rings. The molecular formula is C14H31NO. The highest BCUT2D eigenvalue weighted by atomic mass is 16.5. The summed E-state index contributed by atoms with van der Waals surface area (Å²) in [5, 5.41) is 3.48. The van der Waals surface area contributed by atoms with Crippen molar-refractivity contribution in [3.05, 3.63) is 0 Å². The monoisotopic (exact) mass is 229 g/mol. The van der Waals surface area contributed by atoms with E-state index in [9.17, 15) is 0 Å². The van der Waals surface area contributed by atoms with Crippen molar-refractivity contribution < 1.29 is 4.74 Å². The van der Waals surface area contributed by atoms with Crippen LogP contribution in [0.15, 0.2) is 0 Å². The minimum Gasteiger partial charge on any atom is -0.378 e. The van der Waals surface area contributed by atoms with E-state index in [0.717, 1.165) is 19.6 Å². The van der Waals surface area contributed by atoms with Crippen LogP contribution < -0.4 is 5.32 Å². The number of unbranched alkanes of at least 4 members (excludes halogenated alkanes) is 3. The Morgan fingerprint density at radius 1 is 1.12 bits per heavy atom. The van der Waals surface area contributed by atoms with Gasteiger partial charge in [0.25, 0.3) is 0 Å². The first-order valence-electron chi connectivity index (χ1n) is 6.82. The van der Waals surface area contributed by atoms with E-state index in [1.165, 1.54) is 25.7 Å². The Bertz CT molecular complexity index is 151. The molecule has 0 bridgehead atoms. The van der Waals surface area contributed by atoms with Crippen LogP contribution in [-0.2, 0) is 4.74 Å². The van der Waals surface area contributed by atoms with Crippen molar-refractivity contribution in [1.29, 1.82) is 0 Å². The highest BCUT2D eigenvalue weighted by Crippen LogP contribution is 2.04. The number of ether oxygens (including phenoxy) is 1. The summed E-state index contributed by atoms with van der Waals surface area (Å²) >= 11 is 0. The van der Waals surface area contributed by atoms with Crippen LogP contribution in [0.1, 0.15) is 66.7 Å². The predicted molar refractivity (Wildman–Crippen MR) is 71.9 cm³/mol. The average molecular weight is 229 g/mol. The zero-order valence-corrected chi connectivity index (χ0v) is 11.9. The van der Waals surface area contributed by atoms with E-state index in [-0.39, 0.29) is 5.54 Å². The molecular weight excluding hydrogens is 198 g/mol. The van der Waals surface area contributed by atoms with Gasteiger partial charge in [-0.15, -0.1) is 0 Å². The Balaban J connectivity index is 3.28. The lowest BCUT2D eigenvalue weighted by Gasteiger charge is -2.22. The first-order valence-corrected chi connectivity index (χ1v) is 6.82. The third-order valence-electron chi connectivity index (χ3n) is 2.61. The molecule has 0 radical (unpaired) electrons. The highest BCUT2D eigenvalue weighted by molar-refractivity contribution is 4.70. The quantitative estimate of drug-likeness (QED) is 0.608. The molecule has 0 spiro atoms. The van der Waals surface area contributed by atoms with Gasteiger partial charge in [-0.2, -0.15) is 0 Å². The third kappa shape index (κ3) is 12.0. The SMILES string of the molecule is CCCCCCOC(C)CCNC(C)(C)C. The Labute approximate surface area is 102 Å².